The van der Waals surface area contributed by atoms with Gasteiger partial charge in [0.05, 0.1) is 6.20 Å². The Kier molecular flexibility index (Phi) is 1.51. The van der Waals surface area contributed by atoms with Crippen molar-refractivity contribution < 1.29 is 0 Å². The van der Waals surface area contributed by atoms with Gasteiger partial charge in [0.15, 0.2) is 0 Å². The molecule has 0 saturated carbocycles. The Morgan fingerprint density at radius 2 is 2.62 bits per heavy atom. The SMILES string of the molecule is CCc1[c]nnnc1. The molecule has 0 aliphatic carbocycles. The maximum absolute atomic E-state index is 3.56. The minimum Gasteiger partial charge on any atom is -0.138 e. The van der Waals surface area contributed by atoms with E-state index in [4.69, 9.17) is 0 Å². The lowest BCUT2D eigenvalue weighted by molar-refractivity contribution is 0.834. The Morgan fingerprint density at radius 3 is 3.00 bits per heavy atom. The monoisotopic (exact) mass is 108 g/mol. The van der Waals surface area contributed by atoms with Crippen LogP contribution >= 0.6 is 0 Å². The maximum Gasteiger partial charge on any atom is 0.120 e. The van der Waals surface area contributed by atoms with Crippen molar-refractivity contribution in [2.75, 3.05) is 0 Å². The van der Waals surface area contributed by atoms with Crippen LogP contribution < -0.4 is 0 Å². The molecule has 0 aliphatic heterocycles. The zero-order chi connectivity index (χ0) is 5.82. The van der Waals surface area contributed by atoms with Gasteiger partial charge in [-0.15, -0.1) is 10.2 Å². The molecule has 0 atom stereocenters. The molecular formula is C5H6N3. The zero-order valence-electron chi connectivity index (χ0n) is 4.63. The Hall–Kier alpha value is -0.990. The second-order valence-corrected chi connectivity index (χ2v) is 1.42. The molecule has 8 heavy (non-hydrogen) atoms. The van der Waals surface area contributed by atoms with E-state index in [0.717, 1.165) is 12.0 Å². The summed E-state index contributed by atoms with van der Waals surface area (Å²) in [4.78, 5) is 0. The molecule has 41 valence electrons. The van der Waals surface area contributed by atoms with Crippen molar-refractivity contribution in [3.8, 4) is 0 Å². The van der Waals surface area contributed by atoms with E-state index >= 15 is 0 Å². The van der Waals surface area contributed by atoms with E-state index in [1.54, 1.807) is 6.20 Å². The average molecular weight is 108 g/mol. The lowest BCUT2D eigenvalue weighted by atomic mass is 10.3. The van der Waals surface area contributed by atoms with Gasteiger partial charge in [-0.3, -0.25) is 0 Å². The third-order valence-corrected chi connectivity index (χ3v) is 0.884. The standard InChI is InChI=1S/C5H6N3/c1-2-5-3-6-8-7-4-5/h3H,2H2,1H3. The maximum atomic E-state index is 3.56. The van der Waals surface area contributed by atoms with Crippen molar-refractivity contribution in [1.29, 1.82) is 0 Å². The normalized spacial score (nSPS) is 9.12. The Bertz CT molecular complexity index is 149. The first-order valence-electron chi connectivity index (χ1n) is 2.48. The molecule has 0 aromatic carbocycles. The summed E-state index contributed by atoms with van der Waals surface area (Å²) in [5.74, 6) is 0. The minimum absolute atomic E-state index is 0.919. The van der Waals surface area contributed by atoms with Gasteiger partial charge in [0, 0.05) is 5.56 Å². The van der Waals surface area contributed by atoms with Crippen molar-refractivity contribution in [1.82, 2.24) is 15.4 Å². The van der Waals surface area contributed by atoms with E-state index in [1.165, 1.54) is 0 Å². The molecule has 1 aromatic heterocycles. The van der Waals surface area contributed by atoms with Crippen LogP contribution in [0.5, 0.6) is 0 Å². The molecule has 3 nitrogen and oxygen atoms in total. The highest BCUT2D eigenvalue weighted by Gasteiger charge is 1.84. The molecule has 0 bridgehead atoms. The summed E-state index contributed by atoms with van der Waals surface area (Å²) in [5, 5.41) is 10.4. The smallest absolute Gasteiger partial charge is 0.120 e. The van der Waals surface area contributed by atoms with E-state index < -0.39 is 0 Å². The summed E-state index contributed by atoms with van der Waals surface area (Å²) in [6, 6.07) is 0. The van der Waals surface area contributed by atoms with Gasteiger partial charge >= 0.3 is 0 Å². The largest absolute Gasteiger partial charge is 0.138 e. The molecule has 0 spiro atoms. The number of hydrogen-bond donors (Lipinski definition) is 0. The highest BCUT2D eigenvalue weighted by atomic mass is 15.3. The fourth-order valence-electron chi connectivity index (χ4n) is 0.407. The molecule has 1 heterocycles. The first kappa shape index (κ1) is 5.15. The predicted octanol–water partition coefficient (Wildman–Crippen LogP) is 0.234. The van der Waals surface area contributed by atoms with Gasteiger partial charge < -0.3 is 0 Å². The Labute approximate surface area is 47.8 Å². The Morgan fingerprint density at radius 1 is 1.75 bits per heavy atom. The van der Waals surface area contributed by atoms with Crippen molar-refractivity contribution in [3.63, 3.8) is 0 Å². The summed E-state index contributed by atoms with van der Waals surface area (Å²) in [6.45, 7) is 2.02. The second kappa shape index (κ2) is 2.35. The van der Waals surface area contributed by atoms with E-state index in [1.807, 2.05) is 6.92 Å². The molecule has 0 unspecified atom stereocenters. The van der Waals surface area contributed by atoms with Crippen LogP contribution in [0.4, 0.5) is 0 Å². The van der Waals surface area contributed by atoms with Gasteiger partial charge in [-0.25, -0.2) is 0 Å². The first-order chi connectivity index (χ1) is 3.93. The molecule has 0 saturated heterocycles. The van der Waals surface area contributed by atoms with Gasteiger partial charge in [-0.1, -0.05) is 6.92 Å². The Balaban J connectivity index is 2.83. The molecule has 0 aliphatic rings. The molecule has 1 aromatic rings. The van der Waals surface area contributed by atoms with E-state index in [9.17, 15) is 0 Å². The zero-order valence-corrected chi connectivity index (χ0v) is 4.63. The molecule has 3 heteroatoms. The third kappa shape index (κ3) is 0.992. The quantitative estimate of drug-likeness (QED) is 0.517. The molecule has 1 rings (SSSR count). The van der Waals surface area contributed by atoms with Crippen LogP contribution in [-0.4, -0.2) is 15.4 Å². The highest BCUT2D eigenvalue weighted by molar-refractivity contribution is 4.97. The summed E-state index contributed by atoms with van der Waals surface area (Å²) >= 11 is 0. The lowest BCUT2D eigenvalue weighted by Crippen LogP contribution is -1.88. The van der Waals surface area contributed by atoms with E-state index in [-0.39, 0.29) is 0 Å². The van der Waals surface area contributed by atoms with Crippen LogP contribution in [0.15, 0.2) is 6.20 Å². The van der Waals surface area contributed by atoms with Gasteiger partial charge in [-0.05, 0) is 11.6 Å². The van der Waals surface area contributed by atoms with Crippen LogP contribution in [0.2, 0.25) is 0 Å². The third-order valence-electron chi connectivity index (χ3n) is 0.884. The summed E-state index contributed by atoms with van der Waals surface area (Å²) < 4.78 is 0. The lowest BCUT2D eigenvalue weighted by Gasteiger charge is -1.85. The molecular weight excluding hydrogens is 102 g/mol. The number of aryl methyl sites for hydroxylation is 1. The number of nitrogens with zero attached hydrogens (tertiary/aromatic N) is 3. The van der Waals surface area contributed by atoms with Crippen molar-refractivity contribution in [3.05, 3.63) is 18.0 Å². The summed E-state index contributed by atoms with van der Waals surface area (Å²) in [5.41, 5.74) is 1.00. The van der Waals surface area contributed by atoms with E-state index in [0.29, 0.717) is 0 Å². The molecule has 0 fully saturated rings. The van der Waals surface area contributed by atoms with Crippen LogP contribution in [0.25, 0.3) is 0 Å². The van der Waals surface area contributed by atoms with Crippen molar-refractivity contribution >= 4 is 0 Å². The molecule has 0 N–H and O–H groups in total. The minimum atomic E-state index is 0.919. The fraction of sp³-hybridized carbons (Fsp3) is 0.400. The predicted molar refractivity (Wildman–Crippen MR) is 28.0 cm³/mol. The first-order valence-corrected chi connectivity index (χ1v) is 2.48. The number of aromatic nitrogens is 3. The van der Waals surface area contributed by atoms with Crippen LogP contribution in [0, 0.1) is 6.20 Å². The molecule has 1 radical (unpaired) electrons. The summed E-state index contributed by atoms with van der Waals surface area (Å²) in [6.07, 6.45) is 5.27. The number of hydrogen-bond acceptors (Lipinski definition) is 3. The summed E-state index contributed by atoms with van der Waals surface area (Å²) in [7, 11) is 0. The van der Waals surface area contributed by atoms with Crippen LogP contribution in [-0.2, 0) is 6.42 Å². The van der Waals surface area contributed by atoms with Gasteiger partial charge in [0.2, 0.25) is 0 Å². The highest BCUT2D eigenvalue weighted by Crippen LogP contribution is 1.88. The van der Waals surface area contributed by atoms with Gasteiger partial charge in [-0.2, -0.15) is 0 Å². The topological polar surface area (TPSA) is 38.7 Å². The van der Waals surface area contributed by atoms with Crippen molar-refractivity contribution in [2.24, 2.45) is 0 Å². The van der Waals surface area contributed by atoms with E-state index in [2.05, 4.69) is 21.6 Å². The average Bonchev–Trinajstić information content (AvgIpc) is 1.90. The van der Waals surface area contributed by atoms with Crippen LogP contribution in [0.1, 0.15) is 12.5 Å². The number of rotatable bonds is 1. The van der Waals surface area contributed by atoms with Crippen LogP contribution in [0.3, 0.4) is 0 Å². The van der Waals surface area contributed by atoms with Gasteiger partial charge in [0.25, 0.3) is 0 Å². The van der Waals surface area contributed by atoms with Crippen molar-refractivity contribution in [2.45, 2.75) is 13.3 Å². The van der Waals surface area contributed by atoms with Gasteiger partial charge in [0.1, 0.15) is 6.20 Å². The second-order valence-electron chi connectivity index (χ2n) is 1.42. The fourth-order valence-corrected chi connectivity index (χ4v) is 0.407. The molecule has 0 amide bonds.